The van der Waals surface area contributed by atoms with Crippen LogP contribution in [0.5, 0.6) is 0 Å². The van der Waals surface area contributed by atoms with E-state index in [1.807, 2.05) is 25.3 Å². The molecule has 90 valence electrons. The summed E-state index contributed by atoms with van der Waals surface area (Å²) in [5, 5.41) is 4.76. The van der Waals surface area contributed by atoms with Gasteiger partial charge in [0.05, 0.1) is 8.45 Å². The summed E-state index contributed by atoms with van der Waals surface area (Å²) < 4.78 is 1.12. The first-order valence-electron chi connectivity index (χ1n) is 5.32. The van der Waals surface area contributed by atoms with E-state index in [0.717, 1.165) is 21.3 Å². The molecule has 5 heteroatoms. The topological polar surface area (TPSA) is 55.1 Å². The van der Waals surface area contributed by atoms with E-state index < -0.39 is 0 Å². The van der Waals surface area contributed by atoms with Crippen molar-refractivity contribution in [3.63, 3.8) is 0 Å². The fourth-order valence-corrected chi connectivity index (χ4v) is 2.61. The molecular formula is C11H17IN2OS. The maximum atomic E-state index is 11.8. The monoisotopic (exact) mass is 352 g/mol. The molecule has 0 aliphatic carbocycles. The van der Waals surface area contributed by atoms with E-state index in [-0.39, 0.29) is 11.4 Å². The average molecular weight is 352 g/mol. The lowest BCUT2D eigenvalue weighted by Crippen LogP contribution is -2.49. The van der Waals surface area contributed by atoms with Gasteiger partial charge in [-0.25, -0.2) is 0 Å². The van der Waals surface area contributed by atoms with Crippen molar-refractivity contribution in [2.75, 3.05) is 6.54 Å². The van der Waals surface area contributed by atoms with Crippen molar-refractivity contribution in [2.24, 2.45) is 5.73 Å². The number of carbonyl (C=O) groups excluding carboxylic acids is 1. The smallest absolute Gasteiger partial charge is 0.252 e. The minimum Gasteiger partial charge on any atom is -0.350 e. The number of amides is 1. The van der Waals surface area contributed by atoms with E-state index in [0.29, 0.717) is 6.54 Å². The van der Waals surface area contributed by atoms with Gasteiger partial charge in [0.15, 0.2) is 0 Å². The average Bonchev–Trinajstić information content (AvgIpc) is 2.72. The van der Waals surface area contributed by atoms with Crippen LogP contribution in [0.1, 0.15) is 37.0 Å². The number of rotatable bonds is 5. The standard InChI is InChI=1S/C11H17IN2OS/c1-3-11(13,4-2)7-14-10(15)8-5-9(12)16-6-8/h5-6H,3-4,7,13H2,1-2H3,(H,14,15). The molecule has 1 amide bonds. The lowest BCUT2D eigenvalue weighted by Gasteiger charge is -2.26. The molecule has 0 unspecified atom stereocenters. The molecule has 0 aliphatic rings. The number of hydrogen-bond donors (Lipinski definition) is 2. The Balaban J connectivity index is 2.53. The van der Waals surface area contributed by atoms with Gasteiger partial charge in [-0.2, -0.15) is 0 Å². The highest BCUT2D eigenvalue weighted by Gasteiger charge is 2.21. The largest absolute Gasteiger partial charge is 0.350 e. The number of thiophene rings is 1. The van der Waals surface area contributed by atoms with E-state index in [2.05, 4.69) is 27.9 Å². The maximum Gasteiger partial charge on any atom is 0.252 e. The van der Waals surface area contributed by atoms with Crippen LogP contribution in [0.3, 0.4) is 0 Å². The Hall–Kier alpha value is -0.140. The van der Waals surface area contributed by atoms with Crippen molar-refractivity contribution in [3.8, 4) is 0 Å². The van der Waals surface area contributed by atoms with Crippen LogP contribution in [0, 0.1) is 2.88 Å². The van der Waals surface area contributed by atoms with Crippen molar-refractivity contribution in [3.05, 3.63) is 19.9 Å². The molecule has 3 N–H and O–H groups in total. The predicted octanol–water partition coefficient (Wildman–Crippen LogP) is 2.60. The highest BCUT2D eigenvalue weighted by Crippen LogP contribution is 2.17. The Bertz CT molecular complexity index is 361. The fraction of sp³-hybridized carbons (Fsp3) is 0.545. The number of carbonyl (C=O) groups is 1. The molecule has 1 aromatic heterocycles. The van der Waals surface area contributed by atoms with Gasteiger partial charge < -0.3 is 11.1 Å². The zero-order valence-electron chi connectivity index (χ0n) is 9.55. The molecule has 1 heterocycles. The second-order valence-corrected chi connectivity index (χ2v) is 6.70. The van der Waals surface area contributed by atoms with Gasteiger partial charge in [-0.05, 0) is 41.5 Å². The van der Waals surface area contributed by atoms with Crippen molar-refractivity contribution >= 4 is 39.8 Å². The Labute approximate surface area is 114 Å². The van der Waals surface area contributed by atoms with Gasteiger partial charge in [-0.15, -0.1) is 11.3 Å². The highest BCUT2D eigenvalue weighted by atomic mass is 127. The zero-order chi connectivity index (χ0) is 12.2. The number of nitrogens with one attached hydrogen (secondary N) is 1. The van der Waals surface area contributed by atoms with Gasteiger partial charge in [0, 0.05) is 17.5 Å². The maximum absolute atomic E-state index is 11.8. The molecule has 0 atom stereocenters. The summed E-state index contributed by atoms with van der Waals surface area (Å²) in [6.07, 6.45) is 1.73. The first-order chi connectivity index (χ1) is 7.50. The second-order valence-electron chi connectivity index (χ2n) is 3.89. The molecule has 0 fully saturated rings. The lowest BCUT2D eigenvalue weighted by molar-refractivity contribution is 0.0942. The molecule has 0 saturated carbocycles. The molecule has 1 aromatic rings. The molecule has 1 rings (SSSR count). The SMILES string of the molecule is CCC(N)(CC)CNC(=O)c1csc(I)c1. The quantitative estimate of drug-likeness (QED) is 0.801. The zero-order valence-corrected chi connectivity index (χ0v) is 12.5. The molecule has 0 radical (unpaired) electrons. The summed E-state index contributed by atoms with van der Waals surface area (Å²) >= 11 is 3.78. The van der Waals surface area contributed by atoms with Crippen LogP contribution in [0.25, 0.3) is 0 Å². The van der Waals surface area contributed by atoms with Crippen LogP contribution in [0.4, 0.5) is 0 Å². The Morgan fingerprint density at radius 3 is 2.62 bits per heavy atom. The second kappa shape index (κ2) is 5.97. The fourth-order valence-electron chi connectivity index (χ4n) is 1.29. The van der Waals surface area contributed by atoms with Crippen LogP contribution < -0.4 is 11.1 Å². The van der Waals surface area contributed by atoms with Crippen LogP contribution in [0.2, 0.25) is 0 Å². The number of hydrogen-bond acceptors (Lipinski definition) is 3. The van der Waals surface area contributed by atoms with Gasteiger partial charge in [0.2, 0.25) is 0 Å². The molecule has 0 aromatic carbocycles. The summed E-state index contributed by atoms with van der Waals surface area (Å²) in [6, 6.07) is 1.89. The third-order valence-electron chi connectivity index (χ3n) is 2.84. The van der Waals surface area contributed by atoms with Crippen molar-refractivity contribution < 1.29 is 4.79 Å². The Morgan fingerprint density at radius 1 is 1.56 bits per heavy atom. The number of nitrogens with two attached hydrogens (primary N) is 1. The van der Waals surface area contributed by atoms with E-state index in [4.69, 9.17) is 5.73 Å². The Morgan fingerprint density at radius 2 is 2.19 bits per heavy atom. The summed E-state index contributed by atoms with van der Waals surface area (Å²) in [4.78, 5) is 11.8. The molecule has 16 heavy (non-hydrogen) atoms. The predicted molar refractivity (Wildman–Crippen MR) is 76.9 cm³/mol. The van der Waals surface area contributed by atoms with Crippen molar-refractivity contribution in [1.29, 1.82) is 0 Å². The summed E-state index contributed by atoms with van der Waals surface area (Å²) in [5.41, 5.74) is 6.56. The highest BCUT2D eigenvalue weighted by molar-refractivity contribution is 14.1. The summed E-state index contributed by atoms with van der Waals surface area (Å²) in [5.74, 6) is -0.0316. The molecular weight excluding hydrogens is 335 g/mol. The first-order valence-corrected chi connectivity index (χ1v) is 7.27. The normalized spacial score (nSPS) is 11.5. The third-order valence-corrected chi connectivity index (χ3v) is 4.63. The van der Waals surface area contributed by atoms with Gasteiger partial charge in [0.1, 0.15) is 0 Å². The van der Waals surface area contributed by atoms with Crippen molar-refractivity contribution in [1.82, 2.24) is 5.32 Å². The molecule has 0 aliphatic heterocycles. The van der Waals surface area contributed by atoms with Crippen molar-refractivity contribution in [2.45, 2.75) is 32.2 Å². The van der Waals surface area contributed by atoms with E-state index in [1.54, 1.807) is 11.3 Å². The Kier molecular flexibility index (Phi) is 5.20. The van der Waals surface area contributed by atoms with Gasteiger partial charge >= 0.3 is 0 Å². The van der Waals surface area contributed by atoms with Gasteiger partial charge in [0.25, 0.3) is 5.91 Å². The minimum absolute atomic E-state index is 0.0316. The third kappa shape index (κ3) is 3.71. The summed E-state index contributed by atoms with van der Waals surface area (Å²) in [7, 11) is 0. The van der Waals surface area contributed by atoms with Crippen LogP contribution >= 0.6 is 33.9 Å². The van der Waals surface area contributed by atoms with Crippen LogP contribution in [-0.4, -0.2) is 18.0 Å². The van der Waals surface area contributed by atoms with Gasteiger partial charge in [-0.1, -0.05) is 13.8 Å². The van der Waals surface area contributed by atoms with Crippen LogP contribution in [0.15, 0.2) is 11.4 Å². The minimum atomic E-state index is -0.279. The van der Waals surface area contributed by atoms with E-state index in [1.165, 1.54) is 0 Å². The van der Waals surface area contributed by atoms with E-state index in [9.17, 15) is 4.79 Å². The molecule has 0 spiro atoms. The van der Waals surface area contributed by atoms with Gasteiger partial charge in [-0.3, -0.25) is 4.79 Å². The lowest BCUT2D eigenvalue weighted by atomic mass is 9.94. The van der Waals surface area contributed by atoms with Crippen LogP contribution in [-0.2, 0) is 0 Å². The molecule has 0 saturated heterocycles. The number of halogens is 1. The van der Waals surface area contributed by atoms with E-state index >= 15 is 0 Å². The molecule has 0 bridgehead atoms. The molecule has 3 nitrogen and oxygen atoms in total. The first kappa shape index (κ1) is 13.9. The summed E-state index contributed by atoms with van der Waals surface area (Å²) in [6.45, 7) is 4.62.